The van der Waals surface area contributed by atoms with Gasteiger partial charge in [-0.3, -0.25) is 14.5 Å². The van der Waals surface area contributed by atoms with Crippen molar-refractivity contribution < 1.29 is 23.8 Å². The van der Waals surface area contributed by atoms with E-state index in [-0.39, 0.29) is 43.2 Å². The molecular formula is C21H26N4O5. The summed E-state index contributed by atoms with van der Waals surface area (Å²) in [6, 6.07) is 7.37. The standard InChI is InChI=1S/C21H26N4O5/c1-3-4-9-30-21-23-19(22)16-13-17(26)25(20(16)24-21)8-10-29-15-7-5-6-14(11-15)12-18(27)28-2/h5-7,11H,3-4,8-10,12-13H2,1-2H3,(H2,22,23,24). The molecule has 1 aliphatic heterocycles. The number of aromatic nitrogens is 2. The van der Waals surface area contributed by atoms with Crippen molar-refractivity contribution in [1.82, 2.24) is 9.97 Å². The summed E-state index contributed by atoms with van der Waals surface area (Å²) in [5, 5.41) is 0. The van der Waals surface area contributed by atoms with Crippen molar-refractivity contribution in [3.63, 3.8) is 0 Å². The number of nitrogens with two attached hydrogens (primary N) is 1. The molecule has 0 aliphatic carbocycles. The van der Waals surface area contributed by atoms with Gasteiger partial charge in [0, 0.05) is 5.56 Å². The molecule has 1 aromatic carbocycles. The van der Waals surface area contributed by atoms with Crippen molar-refractivity contribution in [2.45, 2.75) is 32.6 Å². The fourth-order valence-electron chi connectivity index (χ4n) is 3.07. The van der Waals surface area contributed by atoms with Crippen molar-refractivity contribution in [3.8, 4) is 11.8 Å². The SMILES string of the molecule is CCCCOc1nc(N)c2c(n1)N(CCOc1cccc(CC(=O)OC)c1)C(=O)C2. The molecule has 30 heavy (non-hydrogen) atoms. The molecule has 0 spiro atoms. The lowest BCUT2D eigenvalue weighted by molar-refractivity contribution is -0.139. The normalized spacial score (nSPS) is 12.6. The molecule has 9 heteroatoms. The van der Waals surface area contributed by atoms with Crippen LogP contribution >= 0.6 is 0 Å². The number of esters is 1. The molecule has 2 N–H and O–H groups in total. The third-order valence-electron chi connectivity index (χ3n) is 4.67. The zero-order valence-corrected chi connectivity index (χ0v) is 17.2. The van der Waals surface area contributed by atoms with Crippen LogP contribution in [0.2, 0.25) is 0 Å². The Morgan fingerprint density at radius 2 is 2.07 bits per heavy atom. The lowest BCUT2D eigenvalue weighted by atomic mass is 10.1. The molecule has 1 amide bonds. The van der Waals surface area contributed by atoms with Gasteiger partial charge in [0.05, 0.1) is 33.1 Å². The molecular weight excluding hydrogens is 388 g/mol. The molecule has 9 nitrogen and oxygen atoms in total. The van der Waals surface area contributed by atoms with Gasteiger partial charge in [0.2, 0.25) is 5.91 Å². The number of unbranched alkanes of at least 4 members (excludes halogenated alkanes) is 1. The highest BCUT2D eigenvalue weighted by atomic mass is 16.5. The third-order valence-corrected chi connectivity index (χ3v) is 4.67. The van der Waals surface area contributed by atoms with E-state index in [1.807, 2.05) is 6.07 Å². The van der Waals surface area contributed by atoms with Crippen molar-refractivity contribution in [1.29, 1.82) is 0 Å². The first kappa shape index (κ1) is 21.4. The number of rotatable bonds is 10. The molecule has 2 aromatic rings. The Hall–Kier alpha value is -3.36. The molecule has 1 aromatic heterocycles. The molecule has 0 saturated carbocycles. The number of benzene rings is 1. The summed E-state index contributed by atoms with van der Waals surface area (Å²) in [6.07, 6.45) is 2.20. The quantitative estimate of drug-likeness (QED) is 0.463. The summed E-state index contributed by atoms with van der Waals surface area (Å²) in [7, 11) is 1.35. The molecule has 0 radical (unpaired) electrons. The number of amides is 1. The Balaban J connectivity index is 1.64. The number of carbonyl (C=O) groups is 2. The van der Waals surface area contributed by atoms with E-state index in [0.29, 0.717) is 30.3 Å². The molecule has 0 saturated heterocycles. The average Bonchev–Trinajstić information content (AvgIpc) is 3.04. The van der Waals surface area contributed by atoms with Gasteiger partial charge in [-0.15, -0.1) is 0 Å². The van der Waals surface area contributed by atoms with Crippen molar-refractivity contribution >= 4 is 23.5 Å². The van der Waals surface area contributed by atoms with Crippen LogP contribution in [0.3, 0.4) is 0 Å². The summed E-state index contributed by atoms with van der Waals surface area (Å²) in [5.74, 6) is 0.912. The Bertz CT molecular complexity index is 918. The van der Waals surface area contributed by atoms with Gasteiger partial charge in [-0.1, -0.05) is 25.5 Å². The number of methoxy groups -OCH3 is 1. The number of nitrogens with zero attached hydrogens (tertiary/aromatic N) is 3. The van der Waals surface area contributed by atoms with Gasteiger partial charge in [-0.25, -0.2) is 0 Å². The summed E-state index contributed by atoms with van der Waals surface area (Å²) in [5.41, 5.74) is 7.41. The largest absolute Gasteiger partial charge is 0.492 e. The van der Waals surface area contributed by atoms with Crippen LogP contribution in [-0.2, 0) is 27.2 Å². The first-order chi connectivity index (χ1) is 14.5. The summed E-state index contributed by atoms with van der Waals surface area (Å²) >= 11 is 0. The molecule has 0 unspecified atom stereocenters. The summed E-state index contributed by atoms with van der Waals surface area (Å²) in [6.45, 7) is 3.11. The second-order valence-electron chi connectivity index (χ2n) is 6.87. The monoisotopic (exact) mass is 414 g/mol. The lowest BCUT2D eigenvalue weighted by Gasteiger charge is -2.17. The van der Waals surface area contributed by atoms with Crippen LogP contribution in [0, 0.1) is 0 Å². The topological polar surface area (TPSA) is 117 Å². The number of carbonyl (C=O) groups excluding carboxylic acids is 2. The summed E-state index contributed by atoms with van der Waals surface area (Å²) in [4.78, 5) is 34.0. The third kappa shape index (κ3) is 5.16. The van der Waals surface area contributed by atoms with Crippen LogP contribution in [0.25, 0.3) is 0 Å². The second kappa shape index (κ2) is 9.91. The van der Waals surface area contributed by atoms with E-state index in [1.165, 1.54) is 7.11 Å². The zero-order valence-electron chi connectivity index (χ0n) is 17.2. The maximum atomic E-state index is 12.5. The van der Waals surface area contributed by atoms with E-state index in [2.05, 4.69) is 21.6 Å². The first-order valence-corrected chi connectivity index (χ1v) is 9.90. The van der Waals surface area contributed by atoms with Gasteiger partial charge < -0.3 is 19.9 Å². The van der Waals surface area contributed by atoms with Crippen molar-refractivity contribution in [2.24, 2.45) is 0 Å². The van der Waals surface area contributed by atoms with Gasteiger partial charge in [-0.2, -0.15) is 9.97 Å². The van der Waals surface area contributed by atoms with E-state index in [0.717, 1.165) is 18.4 Å². The predicted octanol–water partition coefficient (Wildman–Crippen LogP) is 1.92. The molecule has 0 atom stereocenters. The smallest absolute Gasteiger partial charge is 0.320 e. The molecule has 160 valence electrons. The van der Waals surface area contributed by atoms with Crippen LogP contribution in [0.15, 0.2) is 24.3 Å². The number of hydrogen-bond donors (Lipinski definition) is 1. The Kier molecular flexibility index (Phi) is 7.05. The van der Waals surface area contributed by atoms with Crippen molar-refractivity contribution in [2.75, 3.05) is 37.5 Å². The van der Waals surface area contributed by atoms with Gasteiger partial charge in [0.25, 0.3) is 0 Å². The predicted molar refractivity (Wildman–Crippen MR) is 111 cm³/mol. The molecule has 1 aliphatic rings. The highest BCUT2D eigenvalue weighted by Gasteiger charge is 2.32. The van der Waals surface area contributed by atoms with Gasteiger partial charge in [0.15, 0.2) is 0 Å². The van der Waals surface area contributed by atoms with E-state index < -0.39 is 0 Å². The Morgan fingerprint density at radius 1 is 1.23 bits per heavy atom. The Morgan fingerprint density at radius 3 is 2.83 bits per heavy atom. The van der Waals surface area contributed by atoms with Crippen LogP contribution in [0.4, 0.5) is 11.6 Å². The fourth-order valence-corrected chi connectivity index (χ4v) is 3.07. The Labute approximate surface area is 175 Å². The number of ether oxygens (including phenoxy) is 3. The maximum Gasteiger partial charge on any atom is 0.320 e. The molecule has 0 fully saturated rings. The number of fused-ring (bicyclic) bond motifs is 1. The molecule has 0 bridgehead atoms. The summed E-state index contributed by atoms with van der Waals surface area (Å²) < 4.78 is 16.0. The van der Waals surface area contributed by atoms with Crippen LogP contribution in [0.1, 0.15) is 30.9 Å². The van der Waals surface area contributed by atoms with E-state index >= 15 is 0 Å². The zero-order chi connectivity index (χ0) is 21.5. The van der Waals surface area contributed by atoms with Gasteiger partial charge in [-0.05, 0) is 24.1 Å². The maximum absolute atomic E-state index is 12.5. The van der Waals surface area contributed by atoms with E-state index in [9.17, 15) is 9.59 Å². The van der Waals surface area contributed by atoms with Gasteiger partial charge in [0.1, 0.15) is 24.0 Å². The lowest BCUT2D eigenvalue weighted by Crippen LogP contribution is -2.31. The fraction of sp³-hybridized carbons (Fsp3) is 0.429. The van der Waals surface area contributed by atoms with Crippen LogP contribution in [-0.4, -0.2) is 48.7 Å². The van der Waals surface area contributed by atoms with E-state index in [1.54, 1.807) is 23.1 Å². The minimum absolute atomic E-state index is 0.111. The van der Waals surface area contributed by atoms with Gasteiger partial charge >= 0.3 is 12.0 Å². The molecule has 3 rings (SSSR count). The minimum atomic E-state index is -0.319. The average molecular weight is 414 g/mol. The first-order valence-electron chi connectivity index (χ1n) is 9.90. The second-order valence-corrected chi connectivity index (χ2v) is 6.87. The number of hydrogen-bond acceptors (Lipinski definition) is 8. The minimum Gasteiger partial charge on any atom is -0.492 e. The highest BCUT2D eigenvalue weighted by Crippen LogP contribution is 2.32. The number of nitrogen functional groups attached to an aromatic ring is 1. The number of anilines is 2. The molecule has 2 heterocycles. The highest BCUT2D eigenvalue weighted by molar-refractivity contribution is 6.01. The van der Waals surface area contributed by atoms with E-state index in [4.69, 9.17) is 15.2 Å². The van der Waals surface area contributed by atoms with Crippen LogP contribution < -0.4 is 20.1 Å². The van der Waals surface area contributed by atoms with Crippen LogP contribution in [0.5, 0.6) is 11.8 Å². The van der Waals surface area contributed by atoms with Crippen molar-refractivity contribution in [3.05, 3.63) is 35.4 Å².